The molecule has 1 heteroatoms. The maximum atomic E-state index is 5.49. The zero-order chi connectivity index (χ0) is 7.28. The van der Waals surface area contributed by atoms with Crippen LogP contribution < -0.4 is 0 Å². The Labute approximate surface area is 58.4 Å². The number of ether oxygens (including phenoxy) is 1. The summed E-state index contributed by atoms with van der Waals surface area (Å²) in [5.41, 5.74) is 0. The van der Waals surface area contributed by atoms with Gasteiger partial charge in [-0.2, -0.15) is 0 Å². The summed E-state index contributed by atoms with van der Waals surface area (Å²) in [6.45, 7) is 8.46. The van der Waals surface area contributed by atoms with Crippen LogP contribution in [-0.2, 0) is 4.74 Å². The Balaban J connectivity index is 3.15. The standard InChI is InChI=1S/C8H18O/c1-5-6-8(4)9-7(2)3/h7-8H,5-6H2,1-4H3/t8-/m1/s1. The maximum Gasteiger partial charge on any atom is 0.0550 e. The van der Waals surface area contributed by atoms with E-state index in [2.05, 4.69) is 27.7 Å². The summed E-state index contributed by atoms with van der Waals surface area (Å²) < 4.78 is 5.49. The van der Waals surface area contributed by atoms with Crippen LogP contribution in [0, 0.1) is 0 Å². The third-order valence-electron chi connectivity index (χ3n) is 1.20. The molecule has 0 fully saturated rings. The zero-order valence-electron chi connectivity index (χ0n) is 6.98. The highest BCUT2D eigenvalue weighted by Gasteiger charge is 2.01. The van der Waals surface area contributed by atoms with Gasteiger partial charge in [-0.3, -0.25) is 0 Å². The van der Waals surface area contributed by atoms with Crippen molar-refractivity contribution >= 4 is 0 Å². The van der Waals surface area contributed by atoms with Gasteiger partial charge in [0, 0.05) is 0 Å². The van der Waals surface area contributed by atoms with Gasteiger partial charge in [0.2, 0.25) is 0 Å². The van der Waals surface area contributed by atoms with Gasteiger partial charge in [0.05, 0.1) is 12.2 Å². The van der Waals surface area contributed by atoms with Crippen LogP contribution in [0.15, 0.2) is 0 Å². The number of hydrogen-bond donors (Lipinski definition) is 0. The lowest BCUT2D eigenvalue weighted by molar-refractivity contribution is 0.0141. The van der Waals surface area contributed by atoms with E-state index in [4.69, 9.17) is 4.74 Å². The van der Waals surface area contributed by atoms with Gasteiger partial charge in [0.1, 0.15) is 0 Å². The topological polar surface area (TPSA) is 9.23 Å². The van der Waals surface area contributed by atoms with Gasteiger partial charge in [-0.25, -0.2) is 0 Å². The van der Waals surface area contributed by atoms with Crippen LogP contribution in [-0.4, -0.2) is 12.2 Å². The van der Waals surface area contributed by atoms with Gasteiger partial charge in [-0.05, 0) is 27.2 Å². The Morgan fingerprint density at radius 2 is 1.78 bits per heavy atom. The molecule has 0 rings (SSSR count). The van der Waals surface area contributed by atoms with Crippen molar-refractivity contribution in [3.05, 3.63) is 0 Å². The maximum absolute atomic E-state index is 5.49. The molecule has 0 N–H and O–H groups in total. The Kier molecular flexibility index (Phi) is 4.78. The van der Waals surface area contributed by atoms with Crippen molar-refractivity contribution in [2.24, 2.45) is 0 Å². The second-order valence-corrected chi connectivity index (χ2v) is 2.78. The Morgan fingerprint density at radius 3 is 2.11 bits per heavy atom. The molecule has 0 unspecified atom stereocenters. The predicted molar refractivity (Wildman–Crippen MR) is 40.6 cm³/mol. The van der Waals surface area contributed by atoms with Gasteiger partial charge in [0.25, 0.3) is 0 Å². The molecular formula is C8H18O. The SMILES string of the molecule is CCC[C@@H](C)OC(C)C. The third-order valence-corrected chi connectivity index (χ3v) is 1.20. The molecule has 0 radical (unpaired) electrons. The van der Waals surface area contributed by atoms with Gasteiger partial charge >= 0.3 is 0 Å². The minimum absolute atomic E-state index is 0.381. The molecule has 0 aromatic heterocycles. The smallest absolute Gasteiger partial charge is 0.0550 e. The Hall–Kier alpha value is -0.0400. The molecule has 0 saturated carbocycles. The highest BCUT2D eigenvalue weighted by atomic mass is 16.5. The van der Waals surface area contributed by atoms with Crippen molar-refractivity contribution in [2.75, 3.05) is 0 Å². The first-order valence-electron chi connectivity index (χ1n) is 3.82. The van der Waals surface area contributed by atoms with Crippen LogP contribution in [0.4, 0.5) is 0 Å². The lowest BCUT2D eigenvalue weighted by Crippen LogP contribution is -2.13. The molecule has 9 heavy (non-hydrogen) atoms. The van der Waals surface area contributed by atoms with E-state index in [0.717, 1.165) is 0 Å². The summed E-state index contributed by atoms with van der Waals surface area (Å²) in [6, 6.07) is 0. The monoisotopic (exact) mass is 130 g/mol. The van der Waals surface area contributed by atoms with Crippen LogP contribution in [0.25, 0.3) is 0 Å². The average molecular weight is 130 g/mol. The summed E-state index contributed by atoms with van der Waals surface area (Å²) >= 11 is 0. The van der Waals surface area contributed by atoms with Crippen LogP contribution >= 0.6 is 0 Å². The molecule has 1 atom stereocenters. The Morgan fingerprint density at radius 1 is 1.22 bits per heavy atom. The predicted octanol–water partition coefficient (Wildman–Crippen LogP) is 2.60. The van der Waals surface area contributed by atoms with E-state index < -0.39 is 0 Å². The molecule has 0 heterocycles. The second-order valence-electron chi connectivity index (χ2n) is 2.78. The van der Waals surface area contributed by atoms with Gasteiger partial charge in [-0.15, -0.1) is 0 Å². The zero-order valence-corrected chi connectivity index (χ0v) is 6.98. The molecule has 1 nitrogen and oxygen atoms in total. The fraction of sp³-hybridized carbons (Fsp3) is 1.00. The summed E-state index contributed by atoms with van der Waals surface area (Å²) in [7, 11) is 0. The van der Waals surface area contributed by atoms with Crippen molar-refractivity contribution in [3.63, 3.8) is 0 Å². The minimum Gasteiger partial charge on any atom is -0.376 e. The van der Waals surface area contributed by atoms with Crippen molar-refractivity contribution in [1.82, 2.24) is 0 Å². The molecule has 0 aromatic carbocycles. The van der Waals surface area contributed by atoms with E-state index in [0.29, 0.717) is 12.2 Å². The van der Waals surface area contributed by atoms with Gasteiger partial charge in [-0.1, -0.05) is 13.3 Å². The van der Waals surface area contributed by atoms with E-state index in [1.54, 1.807) is 0 Å². The van der Waals surface area contributed by atoms with E-state index >= 15 is 0 Å². The number of hydrogen-bond acceptors (Lipinski definition) is 1. The third kappa shape index (κ3) is 5.84. The molecule has 0 spiro atoms. The average Bonchev–Trinajstić information content (AvgIpc) is 1.63. The van der Waals surface area contributed by atoms with Crippen LogP contribution in [0.5, 0.6) is 0 Å². The fourth-order valence-electron chi connectivity index (χ4n) is 0.939. The first-order chi connectivity index (χ1) is 4.16. The summed E-state index contributed by atoms with van der Waals surface area (Å²) in [6.07, 6.45) is 3.22. The largest absolute Gasteiger partial charge is 0.376 e. The van der Waals surface area contributed by atoms with Crippen LogP contribution in [0.1, 0.15) is 40.5 Å². The summed E-state index contributed by atoms with van der Waals surface area (Å²) in [5, 5.41) is 0. The minimum atomic E-state index is 0.381. The summed E-state index contributed by atoms with van der Waals surface area (Å²) in [4.78, 5) is 0. The second kappa shape index (κ2) is 4.80. The Bertz CT molecular complexity index is 59.6. The molecular weight excluding hydrogens is 112 g/mol. The lowest BCUT2D eigenvalue weighted by Gasteiger charge is -2.14. The molecule has 0 bridgehead atoms. The highest BCUT2D eigenvalue weighted by molar-refractivity contribution is 4.49. The molecule has 0 saturated heterocycles. The lowest BCUT2D eigenvalue weighted by atomic mass is 10.2. The quantitative estimate of drug-likeness (QED) is 0.568. The van der Waals surface area contributed by atoms with Crippen molar-refractivity contribution in [1.29, 1.82) is 0 Å². The van der Waals surface area contributed by atoms with E-state index in [1.807, 2.05) is 0 Å². The van der Waals surface area contributed by atoms with Crippen molar-refractivity contribution in [2.45, 2.75) is 52.7 Å². The van der Waals surface area contributed by atoms with E-state index in [9.17, 15) is 0 Å². The van der Waals surface area contributed by atoms with Crippen LogP contribution in [0.2, 0.25) is 0 Å². The summed E-state index contributed by atoms with van der Waals surface area (Å²) in [5.74, 6) is 0. The molecule has 0 aliphatic heterocycles. The number of rotatable bonds is 4. The van der Waals surface area contributed by atoms with Gasteiger partial charge in [0.15, 0.2) is 0 Å². The molecule has 0 aliphatic carbocycles. The fourth-order valence-corrected chi connectivity index (χ4v) is 0.939. The van der Waals surface area contributed by atoms with Gasteiger partial charge < -0.3 is 4.74 Å². The first-order valence-corrected chi connectivity index (χ1v) is 3.82. The van der Waals surface area contributed by atoms with E-state index in [1.165, 1.54) is 12.8 Å². The van der Waals surface area contributed by atoms with Crippen LogP contribution in [0.3, 0.4) is 0 Å². The first kappa shape index (κ1) is 8.96. The van der Waals surface area contributed by atoms with Crippen molar-refractivity contribution < 1.29 is 4.74 Å². The molecule has 0 aromatic rings. The molecule has 0 amide bonds. The normalized spacial score (nSPS) is 14.3. The highest BCUT2D eigenvalue weighted by Crippen LogP contribution is 2.03. The molecule has 56 valence electrons. The van der Waals surface area contributed by atoms with Crippen molar-refractivity contribution in [3.8, 4) is 0 Å². The molecule has 0 aliphatic rings. The van der Waals surface area contributed by atoms with E-state index in [-0.39, 0.29) is 0 Å².